The van der Waals surface area contributed by atoms with Crippen molar-refractivity contribution in [1.29, 1.82) is 5.41 Å². The highest BCUT2D eigenvalue weighted by Gasteiger charge is 2.23. The third-order valence-electron chi connectivity index (χ3n) is 4.24. The highest BCUT2D eigenvalue weighted by atomic mass is 16.5. The van der Waals surface area contributed by atoms with Crippen LogP contribution in [0.2, 0.25) is 0 Å². The van der Waals surface area contributed by atoms with Crippen LogP contribution in [0.4, 0.5) is 5.82 Å². The van der Waals surface area contributed by atoms with Gasteiger partial charge >= 0.3 is 0 Å². The fraction of sp³-hybridized carbons (Fsp3) is 0.200. The number of nitrogens with zero attached hydrogens (tertiary/aromatic N) is 3. The summed E-state index contributed by atoms with van der Waals surface area (Å²) >= 11 is 0. The fourth-order valence-electron chi connectivity index (χ4n) is 2.68. The topological polar surface area (TPSA) is 114 Å². The molecule has 0 amide bonds. The predicted molar refractivity (Wildman–Crippen MR) is 105 cm³/mol. The number of pyridine rings is 2. The average Bonchev–Trinajstić information content (AvgIpc) is 3.41. The van der Waals surface area contributed by atoms with E-state index in [1.165, 1.54) is 0 Å². The molecule has 136 valence electrons. The predicted octanol–water partition coefficient (Wildman–Crippen LogP) is 3.38. The van der Waals surface area contributed by atoms with E-state index in [2.05, 4.69) is 19.9 Å². The monoisotopic (exact) mass is 360 g/mol. The summed E-state index contributed by atoms with van der Waals surface area (Å²) in [5, 5.41) is 8.20. The molecule has 1 fully saturated rings. The second-order valence-electron chi connectivity index (χ2n) is 6.48. The Morgan fingerprint density at radius 3 is 2.85 bits per heavy atom. The minimum Gasteiger partial charge on any atom is -0.489 e. The summed E-state index contributed by atoms with van der Waals surface area (Å²) in [6, 6.07) is 7.35. The summed E-state index contributed by atoms with van der Waals surface area (Å²) in [7, 11) is 0. The maximum Gasteiger partial charge on any atom is 0.138 e. The van der Waals surface area contributed by atoms with Crippen molar-refractivity contribution in [3.63, 3.8) is 0 Å². The van der Waals surface area contributed by atoms with Gasteiger partial charge in [0.05, 0.1) is 29.4 Å². The first-order valence-corrected chi connectivity index (χ1v) is 8.77. The van der Waals surface area contributed by atoms with Gasteiger partial charge in [-0.05, 0) is 56.2 Å². The molecule has 0 aromatic carbocycles. The lowest BCUT2D eigenvalue weighted by Crippen LogP contribution is -2.00. The van der Waals surface area contributed by atoms with Gasteiger partial charge in [-0.3, -0.25) is 10.4 Å². The van der Waals surface area contributed by atoms with Gasteiger partial charge in [0, 0.05) is 17.5 Å². The number of ether oxygens (including phenoxy) is 1. The summed E-state index contributed by atoms with van der Waals surface area (Å²) < 4.78 is 5.68. The zero-order valence-electron chi connectivity index (χ0n) is 14.9. The molecule has 1 aliphatic rings. The van der Waals surface area contributed by atoms with E-state index in [0.29, 0.717) is 29.2 Å². The van der Waals surface area contributed by atoms with Crippen LogP contribution in [0.1, 0.15) is 30.1 Å². The molecule has 7 heteroatoms. The smallest absolute Gasteiger partial charge is 0.138 e. The Bertz CT molecular complexity index is 1000. The molecule has 3 aromatic heterocycles. The number of rotatable bonds is 6. The van der Waals surface area contributed by atoms with Crippen molar-refractivity contribution >= 4 is 17.6 Å². The molecule has 1 aliphatic carbocycles. The van der Waals surface area contributed by atoms with Gasteiger partial charge in [0.25, 0.3) is 0 Å². The SMILES string of the molecule is Cc1[nH]c(/C=C\C(=N)c2ccc(OC3CC3)cn2)nc1-c1cccnc1N. The Labute approximate surface area is 156 Å². The Balaban J connectivity index is 1.48. The van der Waals surface area contributed by atoms with Gasteiger partial charge in [0.15, 0.2) is 0 Å². The second kappa shape index (κ2) is 7.03. The lowest BCUT2D eigenvalue weighted by Gasteiger charge is -2.04. The number of anilines is 1. The van der Waals surface area contributed by atoms with E-state index in [-0.39, 0.29) is 0 Å². The number of aromatic nitrogens is 4. The van der Waals surface area contributed by atoms with Gasteiger partial charge in [-0.25, -0.2) is 9.97 Å². The van der Waals surface area contributed by atoms with Crippen LogP contribution >= 0.6 is 0 Å². The van der Waals surface area contributed by atoms with Crippen molar-refractivity contribution in [2.45, 2.75) is 25.9 Å². The molecule has 7 nitrogen and oxygen atoms in total. The minimum atomic E-state index is 0.296. The van der Waals surface area contributed by atoms with Crippen molar-refractivity contribution in [1.82, 2.24) is 19.9 Å². The number of hydrogen-bond donors (Lipinski definition) is 3. The molecule has 1 saturated carbocycles. The van der Waals surface area contributed by atoms with Gasteiger partial charge in [0.2, 0.25) is 0 Å². The number of aryl methyl sites for hydroxylation is 1. The molecule has 4 rings (SSSR count). The lowest BCUT2D eigenvalue weighted by molar-refractivity contribution is 0.302. The number of nitrogens with two attached hydrogens (primary N) is 1. The lowest BCUT2D eigenvalue weighted by atomic mass is 10.1. The molecular formula is C20H20N6O. The quantitative estimate of drug-likeness (QED) is 0.583. The number of H-pyrrole nitrogens is 1. The van der Waals surface area contributed by atoms with Crippen molar-refractivity contribution in [3.8, 4) is 17.0 Å². The molecule has 0 spiro atoms. The van der Waals surface area contributed by atoms with Crippen LogP contribution in [-0.2, 0) is 0 Å². The molecule has 0 aliphatic heterocycles. The third-order valence-corrected chi connectivity index (χ3v) is 4.24. The zero-order chi connectivity index (χ0) is 18.8. The van der Waals surface area contributed by atoms with Gasteiger partial charge in [-0.1, -0.05) is 0 Å². The van der Waals surface area contributed by atoms with Gasteiger partial charge < -0.3 is 15.5 Å². The summed E-state index contributed by atoms with van der Waals surface area (Å²) in [6.07, 6.45) is 9.28. The van der Waals surface area contributed by atoms with Crippen LogP contribution < -0.4 is 10.5 Å². The number of allylic oxidation sites excluding steroid dienone is 1. The van der Waals surface area contributed by atoms with E-state index < -0.39 is 0 Å². The summed E-state index contributed by atoms with van der Waals surface area (Å²) in [5.41, 5.74) is 9.24. The van der Waals surface area contributed by atoms with Gasteiger partial charge in [-0.15, -0.1) is 0 Å². The first-order chi connectivity index (χ1) is 13.1. The number of nitrogens with one attached hydrogen (secondary N) is 2. The first-order valence-electron chi connectivity index (χ1n) is 8.77. The molecule has 3 aromatic rings. The zero-order valence-corrected chi connectivity index (χ0v) is 14.9. The minimum absolute atomic E-state index is 0.296. The fourth-order valence-corrected chi connectivity index (χ4v) is 2.68. The van der Waals surface area contributed by atoms with Crippen molar-refractivity contribution in [2.75, 3.05) is 5.73 Å². The van der Waals surface area contributed by atoms with Crippen molar-refractivity contribution in [3.05, 3.63) is 59.9 Å². The van der Waals surface area contributed by atoms with Crippen LogP contribution in [0.15, 0.2) is 42.7 Å². The Morgan fingerprint density at radius 1 is 1.30 bits per heavy atom. The Hall–Kier alpha value is -3.48. The largest absolute Gasteiger partial charge is 0.489 e. The summed E-state index contributed by atoms with van der Waals surface area (Å²) in [6.45, 7) is 1.93. The highest BCUT2D eigenvalue weighted by Crippen LogP contribution is 2.27. The van der Waals surface area contributed by atoms with Crippen LogP contribution in [0.3, 0.4) is 0 Å². The molecule has 27 heavy (non-hydrogen) atoms. The van der Waals surface area contributed by atoms with Crippen molar-refractivity contribution in [2.24, 2.45) is 0 Å². The molecule has 4 N–H and O–H groups in total. The van der Waals surface area contributed by atoms with E-state index in [1.807, 2.05) is 25.1 Å². The standard InChI is InChI=1S/C20H20N6O/c1-12-19(15-3-2-10-23-20(15)22)26-18(25-12)9-7-16(21)17-8-6-14(11-24-17)27-13-4-5-13/h2-3,6-11,13,21H,4-5H2,1H3,(H2,22,23)(H,25,26)/b9-7-,21-16?. The Morgan fingerprint density at radius 2 is 2.15 bits per heavy atom. The number of hydrogen-bond acceptors (Lipinski definition) is 6. The molecule has 0 radical (unpaired) electrons. The van der Waals surface area contributed by atoms with E-state index in [4.69, 9.17) is 15.9 Å². The molecular weight excluding hydrogens is 340 g/mol. The second-order valence-corrected chi connectivity index (χ2v) is 6.48. The molecule has 3 heterocycles. The van der Waals surface area contributed by atoms with E-state index in [1.54, 1.807) is 30.6 Å². The van der Waals surface area contributed by atoms with E-state index in [0.717, 1.165) is 35.5 Å². The van der Waals surface area contributed by atoms with Gasteiger partial charge in [0.1, 0.15) is 17.4 Å². The molecule has 0 bridgehead atoms. The van der Waals surface area contributed by atoms with Crippen LogP contribution in [0, 0.1) is 12.3 Å². The number of nitrogen functional groups attached to an aromatic ring is 1. The molecule has 0 atom stereocenters. The van der Waals surface area contributed by atoms with Crippen molar-refractivity contribution < 1.29 is 4.74 Å². The van der Waals surface area contributed by atoms with E-state index in [9.17, 15) is 0 Å². The normalized spacial score (nSPS) is 13.8. The summed E-state index contributed by atoms with van der Waals surface area (Å²) in [4.78, 5) is 16.2. The maximum atomic E-state index is 8.20. The van der Waals surface area contributed by atoms with E-state index >= 15 is 0 Å². The highest BCUT2D eigenvalue weighted by molar-refractivity contribution is 6.07. The maximum absolute atomic E-state index is 8.20. The number of aromatic amines is 1. The third kappa shape index (κ3) is 3.87. The van der Waals surface area contributed by atoms with Crippen LogP contribution in [-0.4, -0.2) is 31.8 Å². The average molecular weight is 360 g/mol. The van der Waals surface area contributed by atoms with Crippen LogP contribution in [0.25, 0.3) is 17.3 Å². The van der Waals surface area contributed by atoms with Gasteiger partial charge in [-0.2, -0.15) is 0 Å². The molecule has 0 unspecified atom stereocenters. The number of imidazole rings is 1. The molecule has 0 saturated heterocycles. The Kier molecular flexibility index (Phi) is 4.42. The first kappa shape index (κ1) is 17.0. The summed E-state index contributed by atoms with van der Waals surface area (Å²) in [5.74, 6) is 1.83. The van der Waals surface area contributed by atoms with Crippen LogP contribution in [0.5, 0.6) is 5.75 Å².